The SMILES string of the molecule is O=C1OC2(CCN(Cc3ccc(C(F)(F)F)cc3)CC2)CN1CC1CCC(C(=O)N2CCC(C(F)(F)F)CC2)CC1. The Kier molecular flexibility index (Phi) is 8.51. The quantitative estimate of drug-likeness (QED) is 0.390. The van der Waals surface area contributed by atoms with Crippen LogP contribution in [-0.4, -0.2) is 77.7 Å². The standard InChI is InChI=1S/C29H37F6N3O3/c30-28(31,32)23-7-3-20(4-8-23)17-36-15-11-27(12-16-36)19-38(26(40)41-27)18-21-1-5-22(6-2-21)25(39)37-13-9-24(10-14-37)29(33,34)35/h3-4,7-8,21-22,24H,1-2,5-6,9-19H2. The molecule has 12 heteroatoms. The molecule has 41 heavy (non-hydrogen) atoms. The van der Waals surface area contributed by atoms with Gasteiger partial charge >= 0.3 is 18.4 Å². The summed E-state index contributed by atoms with van der Waals surface area (Å²) in [4.78, 5) is 31.2. The molecule has 0 bridgehead atoms. The van der Waals surface area contributed by atoms with Crippen LogP contribution < -0.4 is 0 Å². The van der Waals surface area contributed by atoms with E-state index in [0.29, 0.717) is 58.4 Å². The van der Waals surface area contributed by atoms with Crippen molar-refractivity contribution in [2.45, 2.75) is 75.9 Å². The maximum atomic E-state index is 12.9. The van der Waals surface area contributed by atoms with Crippen molar-refractivity contribution in [3.63, 3.8) is 0 Å². The molecule has 0 aromatic heterocycles. The molecular weight excluding hydrogens is 552 g/mol. The van der Waals surface area contributed by atoms with Crippen molar-refractivity contribution in [3.8, 4) is 0 Å². The van der Waals surface area contributed by atoms with Crippen LogP contribution in [0.3, 0.4) is 0 Å². The first-order chi connectivity index (χ1) is 19.3. The lowest BCUT2D eigenvalue weighted by Crippen LogP contribution is -2.47. The monoisotopic (exact) mass is 589 g/mol. The molecule has 3 aliphatic heterocycles. The lowest BCUT2D eigenvalue weighted by molar-refractivity contribution is -0.187. The lowest BCUT2D eigenvalue weighted by Gasteiger charge is -2.38. The molecule has 0 atom stereocenters. The average molecular weight is 590 g/mol. The van der Waals surface area contributed by atoms with Gasteiger partial charge in [0.2, 0.25) is 5.91 Å². The maximum Gasteiger partial charge on any atom is 0.416 e. The van der Waals surface area contributed by atoms with Crippen molar-refractivity contribution >= 4 is 12.0 Å². The van der Waals surface area contributed by atoms with Crippen LogP contribution in [0, 0.1) is 17.8 Å². The highest BCUT2D eigenvalue weighted by Gasteiger charge is 2.48. The molecule has 1 aromatic rings. The first kappa shape index (κ1) is 30.0. The number of amides is 2. The van der Waals surface area contributed by atoms with Crippen LogP contribution in [0.25, 0.3) is 0 Å². The molecule has 4 fully saturated rings. The minimum atomic E-state index is -4.36. The fourth-order valence-corrected chi connectivity index (χ4v) is 6.86. The minimum absolute atomic E-state index is 0.0315. The van der Waals surface area contributed by atoms with Crippen LogP contribution in [0.2, 0.25) is 0 Å². The zero-order valence-corrected chi connectivity index (χ0v) is 23.0. The number of piperidine rings is 2. The number of hydrogen-bond acceptors (Lipinski definition) is 4. The van der Waals surface area contributed by atoms with Crippen molar-refractivity contribution in [2.24, 2.45) is 17.8 Å². The van der Waals surface area contributed by atoms with E-state index in [4.69, 9.17) is 4.74 Å². The Morgan fingerprint density at radius 2 is 1.49 bits per heavy atom. The van der Waals surface area contributed by atoms with E-state index in [1.165, 1.54) is 12.1 Å². The Bertz CT molecular complexity index is 1070. The van der Waals surface area contributed by atoms with Gasteiger partial charge in [-0.25, -0.2) is 4.79 Å². The zero-order valence-electron chi connectivity index (χ0n) is 23.0. The number of carbonyl (C=O) groups is 2. The Hall–Kier alpha value is -2.50. The fraction of sp³-hybridized carbons (Fsp3) is 0.724. The van der Waals surface area contributed by atoms with E-state index >= 15 is 0 Å². The van der Waals surface area contributed by atoms with Crippen LogP contribution in [-0.2, 0) is 22.3 Å². The van der Waals surface area contributed by atoms with E-state index in [1.807, 2.05) is 0 Å². The van der Waals surface area contributed by atoms with Crippen molar-refractivity contribution < 1.29 is 40.7 Å². The van der Waals surface area contributed by atoms with Gasteiger partial charge in [-0.2, -0.15) is 26.3 Å². The summed E-state index contributed by atoms with van der Waals surface area (Å²) in [6, 6.07) is 5.20. The molecule has 228 valence electrons. The predicted molar refractivity (Wildman–Crippen MR) is 138 cm³/mol. The number of likely N-dealkylation sites (tertiary alicyclic amines) is 2. The molecule has 1 saturated carbocycles. The third kappa shape index (κ3) is 7.11. The molecule has 5 rings (SSSR count). The smallest absolute Gasteiger partial charge is 0.416 e. The van der Waals surface area contributed by atoms with E-state index in [1.54, 1.807) is 9.80 Å². The van der Waals surface area contributed by atoms with Crippen LogP contribution in [0.4, 0.5) is 31.1 Å². The second kappa shape index (κ2) is 11.6. The van der Waals surface area contributed by atoms with Crippen molar-refractivity contribution in [3.05, 3.63) is 35.4 Å². The van der Waals surface area contributed by atoms with Gasteiger partial charge in [-0.3, -0.25) is 9.69 Å². The van der Waals surface area contributed by atoms with Crippen LogP contribution >= 0.6 is 0 Å². The topological polar surface area (TPSA) is 53.1 Å². The summed E-state index contributed by atoms with van der Waals surface area (Å²) in [5.41, 5.74) is -0.413. The highest BCUT2D eigenvalue weighted by atomic mass is 19.4. The number of carbonyl (C=O) groups excluding carboxylic acids is 2. The Morgan fingerprint density at radius 3 is 2.05 bits per heavy atom. The Morgan fingerprint density at radius 1 is 0.878 bits per heavy atom. The van der Waals surface area contributed by atoms with Gasteiger partial charge in [0, 0.05) is 58.0 Å². The molecule has 6 nitrogen and oxygen atoms in total. The van der Waals surface area contributed by atoms with Gasteiger partial charge in [0.05, 0.1) is 18.0 Å². The molecule has 1 spiro atoms. The number of alkyl halides is 6. The van der Waals surface area contributed by atoms with Gasteiger partial charge in [0.15, 0.2) is 0 Å². The molecule has 1 aromatic carbocycles. The normalized spacial score (nSPS) is 26.4. The van der Waals surface area contributed by atoms with Crippen LogP contribution in [0.15, 0.2) is 24.3 Å². The molecule has 2 amide bonds. The van der Waals surface area contributed by atoms with Gasteiger partial charge in [0.25, 0.3) is 0 Å². The van der Waals surface area contributed by atoms with Crippen LogP contribution in [0.5, 0.6) is 0 Å². The summed E-state index contributed by atoms with van der Waals surface area (Å²) in [5, 5.41) is 0. The molecule has 0 N–H and O–H groups in total. The second-order valence-corrected chi connectivity index (χ2v) is 12.3. The zero-order chi connectivity index (χ0) is 29.4. The number of hydrogen-bond donors (Lipinski definition) is 0. The van der Waals surface area contributed by atoms with Crippen LogP contribution in [0.1, 0.15) is 62.5 Å². The highest BCUT2D eigenvalue weighted by molar-refractivity contribution is 5.79. The molecule has 3 saturated heterocycles. The molecule has 1 aliphatic carbocycles. The lowest BCUT2D eigenvalue weighted by atomic mass is 9.80. The summed E-state index contributed by atoms with van der Waals surface area (Å²) in [6.07, 6.45) is -4.71. The predicted octanol–water partition coefficient (Wildman–Crippen LogP) is 6.10. The first-order valence-electron chi connectivity index (χ1n) is 14.5. The van der Waals surface area contributed by atoms with Gasteiger partial charge in [-0.1, -0.05) is 12.1 Å². The van der Waals surface area contributed by atoms with Crippen molar-refractivity contribution in [1.82, 2.24) is 14.7 Å². The summed E-state index contributed by atoms with van der Waals surface area (Å²) in [7, 11) is 0. The average Bonchev–Trinajstić information content (AvgIpc) is 3.23. The third-order valence-corrected chi connectivity index (χ3v) is 9.44. The maximum absolute atomic E-state index is 12.9. The first-order valence-corrected chi connectivity index (χ1v) is 14.5. The second-order valence-electron chi connectivity index (χ2n) is 12.3. The third-order valence-electron chi connectivity index (χ3n) is 9.44. The highest BCUT2D eigenvalue weighted by Crippen LogP contribution is 2.38. The summed E-state index contributed by atoms with van der Waals surface area (Å²) in [6.45, 7) is 3.28. The number of benzene rings is 1. The van der Waals surface area contributed by atoms with Gasteiger partial charge in [-0.15, -0.1) is 0 Å². The van der Waals surface area contributed by atoms with E-state index in [0.717, 1.165) is 30.5 Å². The van der Waals surface area contributed by atoms with E-state index < -0.39 is 29.4 Å². The number of nitrogens with zero attached hydrogens (tertiary/aromatic N) is 3. The largest absolute Gasteiger partial charge is 0.441 e. The summed E-state index contributed by atoms with van der Waals surface area (Å²) in [5.74, 6) is -1.28. The van der Waals surface area contributed by atoms with E-state index in [2.05, 4.69) is 4.90 Å². The Labute approximate surface area is 236 Å². The Balaban J connectivity index is 1.04. The van der Waals surface area contributed by atoms with Gasteiger partial charge in [0.1, 0.15) is 5.60 Å². The molecule has 0 radical (unpaired) electrons. The van der Waals surface area contributed by atoms with Crippen molar-refractivity contribution in [1.29, 1.82) is 0 Å². The van der Waals surface area contributed by atoms with Gasteiger partial charge in [-0.05, 0) is 62.1 Å². The molecular formula is C29H37F6N3O3. The van der Waals surface area contributed by atoms with E-state index in [-0.39, 0.29) is 49.8 Å². The molecule has 3 heterocycles. The summed E-state index contributed by atoms with van der Waals surface area (Å²) >= 11 is 0. The summed E-state index contributed by atoms with van der Waals surface area (Å²) < 4.78 is 83.2. The number of rotatable bonds is 5. The number of ether oxygens (including phenoxy) is 1. The van der Waals surface area contributed by atoms with Crippen molar-refractivity contribution in [2.75, 3.05) is 39.3 Å². The fourth-order valence-electron chi connectivity index (χ4n) is 6.86. The van der Waals surface area contributed by atoms with E-state index in [9.17, 15) is 35.9 Å². The molecule has 0 unspecified atom stereocenters. The minimum Gasteiger partial charge on any atom is -0.441 e. The molecule has 4 aliphatic rings. The van der Waals surface area contributed by atoms with Gasteiger partial charge < -0.3 is 14.5 Å². The number of halogens is 6.